The number of esters is 1. The van der Waals surface area contributed by atoms with Crippen molar-refractivity contribution in [3.8, 4) is 0 Å². The Morgan fingerprint density at radius 2 is 1.79 bits per heavy atom. The van der Waals surface area contributed by atoms with Crippen molar-refractivity contribution >= 4 is 24.3 Å². The molecule has 0 saturated heterocycles. The third-order valence-corrected chi connectivity index (χ3v) is 1.17. The highest BCUT2D eigenvalue weighted by molar-refractivity contribution is 5.85. The van der Waals surface area contributed by atoms with Crippen molar-refractivity contribution in [1.82, 2.24) is 5.32 Å². The number of hydrogen-bond donors (Lipinski definition) is 1. The first-order valence-electron chi connectivity index (χ1n) is 4.32. The molecule has 0 aromatic carbocycles. The molecule has 0 heterocycles. The average Bonchev–Trinajstić information content (AvgIpc) is 1.97. The van der Waals surface area contributed by atoms with Crippen LogP contribution >= 0.6 is 12.4 Å². The van der Waals surface area contributed by atoms with E-state index in [1.54, 1.807) is 6.92 Å². The lowest BCUT2D eigenvalue weighted by molar-refractivity contribution is -0.148. The minimum Gasteiger partial charge on any atom is -0.456 e. The van der Waals surface area contributed by atoms with Gasteiger partial charge in [-0.2, -0.15) is 0 Å². The van der Waals surface area contributed by atoms with Crippen molar-refractivity contribution < 1.29 is 14.3 Å². The molecule has 0 saturated carbocycles. The van der Waals surface area contributed by atoms with E-state index in [0.717, 1.165) is 0 Å². The normalized spacial score (nSPS) is 10.0. The number of carbonyl (C=O) groups excluding carboxylic acids is 2. The summed E-state index contributed by atoms with van der Waals surface area (Å²) in [5.74, 6) is -0.627. The first kappa shape index (κ1) is 15.7. The van der Waals surface area contributed by atoms with Crippen LogP contribution in [0.1, 0.15) is 34.1 Å². The summed E-state index contributed by atoms with van der Waals surface area (Å²) in [6, 6.07) is 0. The zero-order valence-corrected chi connectivity index (χ0v) is 9.86. The summed E-state index contributed by atoms with van der Waals surface area (Å²) in [4.78, 5) is 21.8. The van der Waals surface area contributed by atoms with E-state index in [4.69, 9.17) is 0 Å². The zero-order valence-electron chi connectivity index (χ0n) is 9.05. The Kier molecular flexibility index (Phi) is 7.45. The van der Waals surface area contributed by atoms with Gasteiger partial charge in [0.15, 0.2) is 6.61 Å². The molecule has 0 atom stereocenters. The molecule has 4 nitrogen and oxygen atoms in total. The van der Waals surface area contributed by atoms with Crippen LogP contribution in [0.5, 0.6) is 0 Å². The number of halogens is 1. The predicted octanol–water partition coefficient (Wildman–Crippen LogP) is 1.28. The number of hydrogen-bond acceptors (Lipinski definition) is 3. The second kappa shape index (κ2) is 6.65. The molecule has 0 aromatic heterocycles. The Bertz CT molecular complexity index is 199. The predicted molar refractivity (Wildman–Crippen MR) is 56.4 cm³/mol. The Balaban J connectivity index is 0. The van der Waals surface area contributed by atoms with Gasteiger partial charge in [-0.1, -0.05) is 6.92 Å². The van der Waals surface area contributed by atoms with Gasteiger partial charge in [-0.3, -0.25) is 9.59 Å². The first-order valence-corrected chi connectivity index (χ1v) is 4.32. The fourth-order valence-electron chi connectivity index (χ4n) is 0.702. The van der Waals surface area contributed by atoms with Crippen LogP contribution in [-0.2, 0) is 14.3 Å². The SMILES string of the molecule is CCC(=O)OCC(=O)NC(C)(C)C.Cl. The van der Waals surface area contributed by atoms with Gasteiger partial charge in [-0.05, 0) is 20.8 Å². The van der Waals surface area contributed by atoms with Gasteiger partial charge >= 0.3 is 5.97 Å². The summed E-state index contributed by atoms with van der Waals surface area (Å²) >= 11 is 0. The van der Waals surface area contributed by atoms with Crippen molar-refractivity contribution in [2.45, 2.75) is 39.7 Å². The van der Waals surface area contributed by atoms with E-state index in [9.17, 15) is 9.59 Å². The zero-order chi connectivity index (χ0) is 10.5. The monoisotopic (exact) mass is 223 g/mol. The molecule has 0 unspecified atom stereocenters. The maximum Gasteiger partial charge on any atom is 0.306 e. The lowest BCUT2D eigenvalue weighted by atomic mass is 10.1. The molecule has 84 valence electrons. The minimum absolute atomic E-state index is 0. The summed E-state index contributed by atoms with van der Waals surface area (Å²) in [6.45, 7) is 7.10. The molecule has 0 bridgehead atoms. The Morgan fingerprint density at radius 1 is 1.29 bits per heavy atom. The number of amides is 1. The molecule has 0 aliphatic heterocycles. The van der Waals surface area contributed by atoms with Crippen LogP contribution in [0.3, 0.4) is 0 Å². The number of nitrogens with one attached hydrogen (secondary N) is 1. The van der Waals surface area contributed by atoms with Gasteiger partial charge in [0.1, 0.15) is 0 Å². The number of ether oxygens (including phenoxy) is 1. The molecule has 1 amide bonds. The van der Waals surface area contributed by atoms with Crippen LogP contribution < -0.4 is 5.32 Å². The first-order chi connectivity index (χ1) is 5.85. The van der Waals surface area contributed by atoms with Crippen LogP contribution in [0.15, 0.2) is 0 Å². The second-order valence-electron chi connectivity index (χ2n) is 3.81. The molecule has 0 spiro atoms. The second-order valence-corrected chi connectivity index (χ2v) is 3.81. The lowest BCUT2D eigenvalue weighted by Gasteiger charge is -2.20. The Morgan fingerprint density at radius 3 is 2.14 bits per heavy atom. The van der Waals surface area contributed by atoms with E-state index in [1.165, 1.54) is 0 Å². The molecular formula is C9H18ClNO3. The average molecular weight is 224 g/mol. The van der Waals surface area contributed by atoms with Crippen LogP contribution in [0, 0.1) is 0 Å². The molecule has 14 heavy (non-hydrogen) atoms. The topological polar surface area (TPSA) is 55.4 Å². The molecule has 0 radical (unpaired) electrons. The molecular weight excluding hydrogens is 206 g/mol. The highest BCUT2D eigenvalue weighted by Crippen LogP contribution is 1.97. The molecule has 0 aliphatic rings. The molecule has 5 heteroatoms. The van der Waals surface area contributed by atoms with E-state index in [0.29, 0.717) is 6.42 Å². The largest absolute Gasteiger partial charge is 0.456 e. The fourth-order valence-corrected chi connectivity index (χ4v) is 0.702. The van der Waals surface area contributed by atoms with Gasteiger partial charge in [0.2, 0.25) is 0 Å². The van der Waals surface area contributed by atoms with Crippen molar-refractivity contribution in [1.29, 1.82) is 0 Å². The third kappa shape index (κ3) is 9.32. The lowest BCUT2D eigenvalue weighted by Crippen LogP contribution is -2.42. The van der Waals surface area contributed by atoms with Crippen molar-refractivity contribution in [3.63, 3.8) is 0 Å². The number of carbonyl (C=O) groups is 2. The van der Waals surface area contributed by atoms with Crippen molar-refractivity contribution in [2.24, 2.45) is 0 Å². The summed E-state index contributed by atoms with van der Waals surface area (Å²) in [5.41, 5.74) is -0.282. The van der Waals surface area contributed by atoms with E-state index in [-0.39, 0.29) is 36.4 Å². The molecule has 0 aliphatic carbocycles. The van der Waals surface area contributed by atoms with E-state index in [2.05, 4.69) is 10.1 Å². The highest BCUT2D eigenvalue weighted by Gasteiger charge is 2.14. The van der Waals surface area contributed by atoms with Gasteiger partial charge in [0.05, 0.1) is 0 Å². The number of rotatable bonds is 3. The van der Waals surface area contributed by atoms with E-state index >= 15 is 0 Å². The van der Waals surface area contributed by atoms with Crippen LogP contribution in [0.4, 0.5) is 0 Å². The maximum absolute atomic E-state index is 11.1. The smallest absolute Gasteiger partial charge is 0.306 e. The summed E-state index contributed by atoms with van der Waals surface area (Å²) < 4.78 is 4.65. The molecule has 0 fully saturated rings. The van der Waals surface area contributed by atoms with Crippen LogP contribution in [0.25, 0.3) is 0 Å². The highest BCUT2D eigenvalue weighted by atomic mass is 35.5. The van der Waals surface area contributed by atoms with Crippen LogP contribution in [0.2, 0.25) is 0 Å². The fraction of sp³-hybridized carbons (Fsp3) is 0.778. The van der Waals surface area contributed by atoms with Gasteiger partial charge in [-0.25, -0.2) is 0 Å². The van der Waals surface area contributed by atoms with Crippen molar-refractivity contribution in [2.75, 3.05) is 6.61 Å². The van der Waals surface area contributed by atoms with Gasteiger partial charge in [0, 0.05) is 12.0 Å². The third-order valence-electron chi connectivity index (χ3n) is 1.17. The maximum atomic E-state index is 11.1. The molecule has 0 rings (SSSR count). The van der Waals surface area contributed by atoms with Gasteiger partial charge in [0.25, 0.3) is 5.91 Å². The summed E-state index contributed by atoms with van der Waals surface area (Å²) in [6.07, 6.45) is 0.294. The quantitative estimate of drug-likeness (QED) is 0.734. The molecule has 1 N–H and O–H groups in total. The van der Waals surface area contributed by atoms with E-state index < -0.39 is 0 Å². The minimum atomic E-state index is -0.357. The van der Waals surface area contributed by atoms with Gasteiger partial charge in [-0.15, -0.1) is 12.4 Å². The van der Waals surface area contributed by atoms with Crippen LogP contribution in [-0.4, -0.2) is 24.0 Å². The molecule has 0 aromatic rings. The van der Waals surface area contributed by atoms with Gasteiger partial charge < -0.3 is 10.1 Å². The summed E-state index contributed by atoms with van der Waals surface area (Å²) in [7, 11) is 0. The van der Waals surface area contributed by atoms with Crippen molar-refractivity contribution in [3.05, 3.63) is 0 Å². The summed E-state index contributed by atoms with van der Waals surface area (Å²) in [5, 5.41) is 2.68. The standard InChI is InChI=1S/C9H17NO3.ClH/c1-5-8(12)13-6-7(11)10-9(2,3)4;/h5-6H2,1-4H3,(H,10,11);1H. The Hall–Kier alpha value is -0.770. The Labute approximate surface area is 90.8 Å². The van der Waals surface area contributed by atoms with E-state index in [1.807, 2.05) is 20.8 Å².